The van der Waals surface area contributed by atoms with Gasteiger partial charge in [-0.3, -0.25) is 4.79 Å². The van der Waals surface area contributed by atoms with Gasteiger partial charge in [-0.25, -0.2) is 4.98 Å². The molecule has 3 nitrogen and oxygen atoms in total. The SMILES string of the molecule is CCC1(CNC(=O)c2ccc(Br)nc2)CCC1. The van der Waals surface area contributed by atoms with E-state index in [9.17, 15) is 4.79 Å². The lowest BCUT2D eigenvalue weighted by molar-refractivity contribution is 0.0849. The van der Waals surface area contributed by atoms with Crippen LogP contribution in [0.1, 0.15) is 43.0 Å². The van der Waals surface area contributed by atoms with Gasteiger partial charge in [-0.15, -0.1) is 0 Å². The smallest absolute Gasteiger partial charge is 0.252 e. The van der Waals surface area contributed by atoms with Crippen LogP contribution >= 0.6 is 15.9 Å². The summed E-state index contributed by atoms with van der Waals surface area (Å²) in [5, 5.41) is 3.02. The molecule has 0 atom stereocenters. The van der Waals surface area contributed by atoms with Gasteiger partial charge in [-0.1, -0.05) is 13.3 Å². The quantitative estimate of drug-likeness (QED) is 0.867. The highest BCUT2D eigenvalue weighted by Gasteiger charge is 2.35. The average molecular weight is 297 g/mol. The molecular weight excluding hydrogens is 280 g/mol. The first-order valence-corrected chi connectivity index (χ1v) is 6.84. The topological polar surface area (TPSA) is 42.0 Å². The normalized spacial score (nSPS) is 17.3. The van der Waals surface area contributed by atoms with E-state index in [2.05, 4.69) is 33.2 Å². The molecule has 1 fully saturated rings. The van der Waals surface area contributed by atoms with Gasteiger partial charge in [0.05, 0.1) is 5.56 Å². The van der Waals surface area contributed by atoms with Crippen LogP contribution in [-0.2, 0) is 0 Å². The van der Waals surface area contributed by atoms with E-state index in [-0.39, 0.29) is 5.91 Å². The summed E-state index contributed by atoms with van der Waals surface area (Å²) in [6, 6.07) is 3.57. The molecule has 0 radical (unpaired) electrons. The number of rotatable bonds is 4. The number of hydrogen-bond donors (Lipinski definition) is 1. The highest BCUT2D eigenvalue weighted by molar-refractivity contribution is 9.10. The van der Waals surface area contributed by atoms with Crippen molar-refractivity contribution in [2.45, 2.75) is 32.6 Å². The Bertz CT molecular complexity index is 393. The fraction of sp³-hybridized carbons (Fsp3) is 0.538. The van der Waals surface area contributed by atoms with Crippen molar-refractivity contribution in [1.29, 1.82) is 0 Å². The minimum atomic E-state index is -0.0234. The van der Waals surface area contributed by atoms with Crippen LogP contribution in [0.2, 0.25) is 0 Å². The lowest BCUT2D eigenvalue weighted by atomic mass is 9.67. The second-order valence-electron chi connectivity index (χ2n) is 4.76. The van der Waals surface area contributed by atoms with Gasteiger partial charge in [0.2, 0.25) is 0 Å². The number of aromatic nitrogens is 1. The molecule has 2 rings (SSSR count). The first-order valence-electron chi connectivity index (χ1n) is 6.05. The summed E-state index contributed by atoms with van der Waals surface area (Å²) < 4.78 is 0.748. The first kappa shape index (κ1) is 12.6. The molecule has 4 heteroatoms. The Morgan fingerprint density at radius 2 is 2.29 bits per heavy atom. The Hall–Kier alpha value is -0.900. The molecule has 1 aromatic heterocycles. The zero-order valence-corrected chi connectivity index (χ0v) is 11.6. The third-order valence-electron chi connectivity index (χ3n) is 3.78. The second kappa shape index (κ2) is 5.17. The largest absolute Gasteiger partial charge is 0.351 e. The molecule has 17 heavy (non-hydrogen) atoms. The van der Waals surface area contributed by atoms with Gasteiger partial charge in [-0.2, -0.15) is 0 Å². The summed E-state index contributed by atoms with van der Waals surface area (Å²) >= 11 is 3.25. The number of nitrogens with one attached hydrogen (secondary N) is 1. The monoisotopic (exact) mass is 296 g/mol. The van der Waals surface area contributed by atoms with Crippen molar-refractivity contribution in [2.75, 3.05) is 6.54 Å². The molecule has 0 spiro atoms. The van der Waals surface area contributed by atoms with Crippen molar-refractivity contribution < 1.29 is 4.79 Å². The molecule has 1 aliphatic carbocycles. The molecular formula is C13H17BrN2O. The van der Waals surface area contributed by atoms with Crippen LogP contribution in [0.25, 0.3) is 0 Å². The van der Waals surface area contributed by atoms with Crippen LogP contribution in [0.5, 0.6) is 0 Å². The number of carbonyl (C=O) groups is 1. The summed E-state index contributed by atoms with van der Waals surface area (Å²) in [5.74, 6) is -0.0234. The number of amides is 1. The van der Waals surface area contributed by atoms with E-state index in [0.29, 0.717) is 11.0 Å². The summed E-state index contributed by atoms with van der Waals surface area (Å²) in [4.78, 5) is 15.9. The molecule has 92 valence electrons. The maximum Gasteiger partial charge on any atom is 0.252 e. The Morgan fingerprint density at radius 3 is 2.76 bits per heavy atom. The number of carbonyl (C=O) groups excluding carboxylic acids is 1. The predicted octanol–water partition coefficient (Wildman–Crippen LogP) is 3.15. The number of pyridine rings is 1. The van der Waals surface area contributed by atoms with Crippen molar-refractivity contribution in [3.8, 4) is 0 Å². The van der Waals surface area contributed by atoms with Crippen LogP contribution in [0.4, 0.5) is 0 Å². The van der Waals surface area contributed by atoms with E-state index in [1.165, 1.54) is 19.3 Å². The molecule has 1 heterocycles. The molecule has 1 saturated carbocycles. The lowest BCUT2D eigenvalue weighted by Crippen LogP contribution is -2.41. The predicted molar refractivity (Wildman–Crippen MR) is 70.8 cm³/mol. The van der Waals surface area contributed by atoms with Crippen molar-refractivity contribution >= 4 is 21.8 Å². The summed E-state index contributed by atoms with van der Waals surface area (Å²) in [7, 11) is 0. The van der Waals surface area contributed by atoms with Crippen LogP contribution in [0, 0.1) is 5.41 Å². The Labute approximate surface area is 110 Å². The molecule has 0 aromatic carbocycles. The number of halogens is 1. The maximum absolute atomic E-state index is 11.9. The van der Waals surface area contributed by atoms with E-state index in [1.54, 1.807) is 18.3 Å². The molecule has 0 bridgehead atoms. The molecule has 0 saturated heterocycles. The van der Waals surface area contributed by atoms with E-state index in [4.69, 9.17) is 0 Å². The zero-order valence-electron chi connectivity index (χ0n) is 10.0. The second-order valence-corrected chi connectivity index (χ2v) is 5.57. The minimum absolute atomic E-state index is 0.0234. The van der Waals surface area contributed by atoms with Gasteiger partial charge >= 0.3 is 0 Å². The average Bonchev–Trinajstić information content (AvgIpc) is 2.29. The lowest BCUT2D eigenvalue weighted by Gasteiger charge is -2.41. The van der Waals surface area contributed by atoms with Crippen molar-refractivity contribution in [3.63, 3.8) is 0 Å². The van der Waals surface area contributed by atoms with Gasteiger partial charge in [0.1, 0.15) is 4.60 Å². The Balaban J connectivity index is 1.91. The van der Waals surface area contributed by atoms with E-state index in [1.807, 2.05) is 0 Å². The van der Waals surface area contributed by atoms with Crippen molar-refractivity contribution in [2.24, 2.45) is 5.41 Å². The molecule has 0 unspecified atom stereocenters. The summed E-state index contributed by atoms with van der Waals surface area (Å²) in [6.45, 7) is 2.99. The van der Waals surface area contributed by atoms with Crippen LogP contribution in [-0.4, -0.2) is 17.4 Å². The summed E-state index contributed by atoms with van der Waals surface area (Å²) in [6.07, 6.45) is 6.51. The van der Waals surface area contributed by atoms with Gasteiger partial charge in [-0.05, 0) is 52.7 Å². The highest BCUT2D eigenvalue weighted by atomic mass is 79.9. The van der Waals surface area contributed by atoms with E-state index in [0.717, 1.165) is 17.6 Å². The van der Waals surface area contributed by atoms with E-state index < -0.39 is 0 Å². The molecule has 1 amide bonds. The van der Waals surface area contributed by atoms with Crippen LogP contribution in [0.15, 0.2) is 22.9 Å². The Kier molecular flexibility index (Phi) is 3.82. The standard InChI is InChI=1S/C13H17BrN2O/c1-2-13(6-3-7-13)9-16-12(17)10-4-5-11(14)15-8-10/h4-5,8H,2-3,6-7,9H2,1H3,(H,16,17). The van der Waals surface area contributed by atoms with Gasteiger partial charge in [0.15, 0.2) is 0 Å². The number of hydrogen-bond acceptors (Lipinski definition) is 2. The number of nitrogens with zero attached hydrogens (tertiary/aromatic N) is 1. The molecule has 1 aliphatic rings. The minimum Gasteiger partial charge on any atom is -0.351 e. The van der Waals surface area contributed by atoms with E-state index >= 15 is 0 Å². The first-order chi connectivity index (χ1) is 8.15. The fourth-order valence-electron chi connectivity index (χ4n) is 2.21. The highest BCUT2D eigenvalue weighted by Crippen LogP contribution is 2.43. The van der Waals surface area contributed by atoms with Gasteiger partial charge in [0.25, 0.3) is 5.91 Å². The van der Waals surface area contributed by atoms with Gasteiger partial charge in [0, 0.05) is 12.7 Å². The molecule has 1 aromatic rings. The molecule has 0 aliphatic heterocycles. The molecule has 1 N–H and O–H groups in total. The zero-order chi connectivity index (χ0) is 12.3. The van der Waals surface area contributed by atoms with Crippen molar-refractivity contribution in [3.05, 3.63) is 28.5 Å². The summed E-state index contributed by atoms with van der Waals surface area (Å²) in [5.41, 5.74) is 0.983. The van der Waals surface area contributed by atoms with Crippen LogP contribution < -0.4 is 5.32 Å². The van der Waals surface area contributed by atoms with Gasteiger partial charge < -0.3 is 5.32 Å². The third-order valence-corrected chi connectivity index (χ3v) is 4.25. The maximum atomic E-state index is 11.9. The fourth-order valence-corrected chi connectivity index (χ4v) is 2.45. The van der Waals surface area contributed by atoms with Crippen molar-refractivity contribution in [1.82, 2.24) is 10.3 Å². The van der Waals surface area contributed by atoms with Crippen LogP contribution in [0.3, 0.4) is 0 Å². The third kappa shape index (κ3) is 2.86. The Morgan fingerprint density at radius 1 is 1.53 bits per heavy atom.